The van der Waals surface area contributed by atoms with Crippen molar-refractivity contribution in [2.24, 2.45) is 5.73 Å². The zero-order valence-corrected chi connectivity index (χ0v) is 8.84. The molecule has 0 aliphatic heterocycles. The van der Waals surface area contributed by atoms with Crippen LogP contribution in [0.5, 0.6) is 0 Å². The number of hydrogen-bond acceptors (Lipinski definition) is 3. The largest absolute Gasteiger partial charge is 0.396 e. The molecule has 2 aromatic rings. The molecule has 0 aliphatic rings. The van der Waals surface area contributed by atoms with Crippen LogP contribution in [0, 0.1) is 6.92 Å². The topological polar surface area (TPSA) is 86.9 Å². The summed E-state index contributed by atoms with van der Waals surface area (Å²) in [7, 11) is 0. The zero-order valence-electron chi connectivity index (χ0n) is 8.84. The zero-order chi connectivity index (χ0) is 11.7. The molecule has 1 heterocycles. The number of amides is 1. The molecule has 5 nitrogen and oxygen atoms in total. The molecule has 0 aliphatic carbocycles. The van der Waals surface area contributed by atoms with E-state index in [1.807, 2.05) is 6.92 Å². The van der Waals surface area contributed by atoms with Gasteiger partial charge in [-0.25, -0.2) is 4.68 Å². The number of nitrogen functional groups attached to an aromatic ring is 1. The van der Waals surface area contributed by atoms with E-state index in [1.54, 1.807) is 35.1 Å². The molecule has 0 spiro atoms. The van der Waals surface area contributed by atoms with Gasteiger partial charge in [-0.3, -0.25) is 4.79 Å². The first-order chi connectivity index (χ1) is 7.58. The number of aromatic nitrogens is 2. The summed E-state index contributed by atoms with van der Waals surface area (Å²) in [6.45, 7) is 1.84. The third-order valence-corrected chi connectivity index (χ3v) is 2.35. The Morgan fingerprint density at radius 1 is 1.31 bits per heavy atom. The minimum absolute atomic E-state index is 0.442. The van der Waals surface area contributed by atoms with E-state index in [4.69, 9.17) is 11.5 Å². The second-order valence-electron chi connectivity index (χ2n) is 3.53. The number of nitrogens with two attached hydrogens (primary N) is 2. The minimum atomic E-state index is -0.442. The first-order valence-electron chi connectivity index (χ1n) is 4.80. The quantitative estimate of drug-likeness (QED) is 0.780. The Kier molecular flexibility index (Phi) is 2.36. The average molecular weight is 216 g/mol. The third kappa shape index (κ3) is 1.75. The summed E-state index contributed by atoms with van der Waals surface area (Å²) in [6.07, 6.45) is 1.73. The number of primary amides is 1. The highest BCUT2D eigenvalue weighted by molar-refractivity contribution is 5.92. The van der Waals surface area contributed by atoms with Gasteiger partial charge in [0.1, 0.15) is 0 Å². The number of carbonyl (C=O) groups excluding carboxylic acids is 1. The van der Waals surface area contributed by atoms with Gasteiger partial charge < -0.3 is 11.5 Å². The van der Waals surface area contributed by atoms with Crippen LogP contribution in [0.3, 0.4) is 0 Å². The number of anilines is 1. The molecule has 0 atom stereocenters. The maximum absolute atomic E-state index is 10.9. The Morgan fingerprint density at radius 2 is 1.94 bits per heavy atom. The van der Waals surface area contributed by atoms with Crippen LogP contribution in [0.15, 0.2) is 30.5 Å². The van der Waals surface area contributed by atoms with E-state index < -0.39 is 5.91 Å². The standard InChI is InChI=1S/C11H12N4O/c1-7-10(12)6-15(14-7)9-4-2-8(3-5-9)11(13)16/h2-6H,12H2,1H3,(H2,13,16). The lowest BCUT2D eigenvalue weighted by atomic mass is 10.2. The molecule has 16 heavy (non-hydrogen) atoms. The maximum Gasteiger partial charge on any atom is 0.248 e. The number of benzene rings is 1. The van der Waals surface area contributed by atoms with Gasteiger partial charge in [0.15, 0.2) is 0 Å². The van der Waals surface area contributed by atoms with Crippen LogP contribution in [0.1, 0.15) is 16.1 Å². The van der Waals surface area contributed by atoms with Crippen molar-refractivity contribution in [3.63, 3.8) is 0 Å². The van der Waals surface area contributed by atoms with Crippen molar-refractivity contribution in [1.29, 1.82) is 0 Å². The lowest BCUT2D eigenvalue weighted by Gasteiger charge is -2.01. The summed E-state index contributed by atoms with van der Waals surface area (Å²) in [6, 6.07) is 6.85. The summed E-state index contributed by atoms with van der Waals surface area (Å²) >= 11 is 0. The van der Waals surface area contributed by atoms with Crippen LogP contribution in [-0.4, -0.2) is 15.7 Å². The van der Waals surface area contributed by atoms with E-state index >= 15 is 0 Å². The normalized spacial score (nSPS) is 10.3. The Balaban J connectivity index is 2.38. The molecule has 5 heteroatoms. The van der Waals surface area contributed by atoms with Gasteiger partial charge in [-0.05, 0) is 31.2 Å². The number of nitrogens with zero attached hydrogens (tertiary/aromatic N) is 2. The number of aryl methyl sites for hydroxylation is 1. The lowest BCUT2D eigenvalue weighted by Crippen LogP contribution is -2.10. The molecule has 2 rings (SSSR count). The minimum Gasteiger partial charge on any atom is -0.396 e. The van der Waals surface area contributed by atoms with Crippen molar-refractivity contribution in [2.45, 2.75) is 6.92 Å². The van der Waals surface area contributed by atoms with E-state index in [1.165, 1.54) is 0 Å². The van der Waals surface area contributed by atoms with Gasteiger partial charge in [0.05, 0.1) is 23.3 Å². The number of rotatable bonds is 2. The molecule has 4 N–H and O–H groups in total. The monoisotopic (exact) mass is 216 g/mol. The number of carbonyl (C=O) groups is 1. The first-order valence-corrected chi connectivity index (χ1v) is 4.80. The SMILES string of the molecule is Cc1nn(-c2ccc(C(N)=O)cc2)cc1N. The van der Waals surface area contributed by atoms with Crippen LogP contribution >= 0.6 is 0 Å². The Labute approximate surface area is 92.7 Å². The molecule has 0 unspecified atom stereocenters. The molecule has 0 saturated heterocycles. The van der Waals surface area contributed by atoms with E-state index in [2.05, 4.69) is 5.10 Å². The van der Waals surface area contributed by atoms with E-state index in [-0.39, 0.29) is 0 Å². The fourth-order valence-corrected chi connectivity index (χ4v) is 1.38. The van der Waals surface area contributed by atoms with Crippen LogP contribution in [0.25, 0.3) is 5.69 Å². The van der Waals surface area contributed by atoms with Gasteiger partial charge in [0.25, 0.3) is 0 Å². The van der Waals surface area contributed by atoms with Crippen LogP contribution in [0.2, 0.25) is 0 Å². The Morgan fingerprint density at radius 3 is 2.38 bits per heavy atom. The first kappa shape index (κ1) is 10.2. The van der Waals surface area contributed by atoms with Crippen LogP contribution in [0.4, 0.5) is 5.69 Å². The van der Waals surface area contributed by atoms with Crippen molar-refractivity contribution >= 4 is 11.6 Å². The Bertz CT molecular complexity index is 508. The van der Waals surface area contributed by atoms with Crippen molar-refractivity contribution in [3.8, 4) is 5.69 Å². The molecule has 0 saturated carbocycles. The fourth-order valence-electron chi connectivity index (χ4n) is 1.38. The summed E-state index contributed by atoms with van der Waals surface area (Å²) in [5, 5.41) is 4.23. The van der Waals surface area contributed by atoms with E-state index in [9.17, 15) is 4.79 Å². The van der Waals surface area contributed by atoms with Gasteiger partial charge in [-0.1, -0.05) is 0 Å². The van der Waals surface area contributed by atoms with Gasteiger partial charge in [0, 0.05) is 5.56 Å². The number of hydrogen-bond donors (Lipinski definition) is 2. The second kappa shape index (κ2) is 3.69. The van der Waals surface area contributed by atoms with Crippen LogP contribution in [-0.2, 0) is 0 Å². The molecular formula is C11H12N4O. The molecule has 0 bridgehead atoms. The van der Waals surface area contributed by atoms with Gasteiger partial charge in [0.2, 0.25) is 5.91 Å². The summed E-state index contributed by atoms with van der Waals surface area (Å²) in [5.41, 5.74) is 13.6. The highest BCUT2D eigenvalue weighted by atomic mass is 16.1. The van der Waals surface area contributed by atoms with E-state index in [0.717, 1.165) is 11.4 Å². The van der Waals surface area contributed by atoms with Gasteiger partial charge >= 0.3 is 0 Å². The lowest BCUT2D eigenvalue weighted by molar-refractivity contribution is 0.100. The maximum atomic E-state index is 10.9. The van der Waals surface area contributed by atoms with Crippen molar-refractivity contribution in [3.05, 3.63) is 41.7 Å². The molecule has 1 amide bonds. The summed E-state index contributed by atoms with van der Waals surface area (Å²) in [4.78, 5) is 10.9. The molecule has 0 radical (unpaired) electrons. The summed E-state index contributed by atoms with van der Waals surface area (Å²) in [5.74, 6) is -0.442. The molecule has 0 fully saturated rings. The smallest absolute Gasteiger partial charge is 0.248 e. The van der Waals surface area contributed by atoms with Gasteiger partial charge in [-0.2, -0.15) is 5.10 Å². The molecule has 1 aromatic carbocycles. The highest BCUT2D eigenvalue weighted by Gasteiger charge is 2.04. The average Bonchev–Trinajstić information content (AvgIpc) is 2.59. The molecule has 1 aromatic heterocycles. The third-order valence-electron chi connectivity index (χ3n) is 2.35. The van der Waals surface area contributed by atoms with Gasteiger partial charge in [-0.15, -0.1) is 0 Å². The fraction of sp³-hybridized carbons (Fsp3) is 0.0909. The van der Waals surface area contributed by atoms with Crippen molar-refractivity contribution < 1.29 is 4.79 Å². The van der Waals surface area contributed by atoms with Crippen molar-refractivity contribution in [1.82, 2.24) is 9.78 Å². The molecular weight excluding hydrogens is 204 g/mol. The Hall–Kier alpha value is -2.30. The van der Waals surface area contributed by atoms with Crippen LogP contribution < -0.4 is 11.5 Å². The predicted octanol–water partition coefficient (Wildman–Crippen LogP) is 0.862. The second-order valence-corrected chi connectivity index (χ2v) is 3.53. The van der Waals surface area contributed by atoms with E-state index in [0.29, 0.717) is 11.3 Å². The highest BCUT2D eigenvalue weighted by Crippen LogP contribution is 2.13. The summed E-state index contributed by atoms with van der Waals surface area (Å²) < 4.78 is 1.66. The predicted molar refractivity (Wildman–Crippen MR) is 61.2 cm³/mol. The molecule has 82 valence electrons. The van der Waals surface area contributed by atoms with Crippen molar-refractivity contribution in [2.75, 3.05) is 5.73 Å².